The van der Waals surface area contributed by atoms with E-state index in [4.69, 9.17) is 17.3 Å². The topological polar surface area (TPSA) is 38.9 Å². The fourth-order valence-electron chi connectivity index (χ4n) is 2.22. The summed E-state index contributed by atoms with van der Waals surface area (Å²) >= 11 is 5.80. The molecule has 100 valence electrons. The van der Waals surface area contributed by atoms with E-state index in [1.54, 1.807) is 18.3 Å². The standard InChI is InChI=1S/C16H12ClFN2/c17-13-5-1-4-12(15(13)18)16(19)11-7-6-10-3-2-8-20-14(10)9-11/h1-9,16H,19H2. The van der Waals surface area contributed by atoms with Gasteiger partial charge in [0.2, 0.25) is 0 Å². The van der Waals surface area contributed by atoms with Crippen LogP contribution >= 0.6 is 11.6 Å². The van der Waals surface area contributed by atoms with Crippen molar-refractivity contribution in [1.82, 2.24) is 4.98 Å². The van der Waals surface area contributed by atoms with Gasteiger partial charge in [-0.25, -0.2) is 4.39 Å². The molecule has 0 saturated carbocycles. The Balaban J connectivity index is 2.08. The second-order valence-corrected chi connectivity index (χ2v) is 4.98. The van der Waals surface area contributed by atoms with Crippen LogP contribution in [-0.4, -0.2) is 4.98 Å². The summed E-state index contributed by atoms with van der Waals surface area (Å²) < 4.78 is 14.0. The molecular formula is C16H12ClFN2. The summed E-state index contributed by atoms with van der Waals surface area (Å²) in [4.78, 5) is 4.28. The molecule has 0 spiro atoms. The van der Waals surface area contributed by atoms with Crippen LogP contribution in [0, 0.1) is 5.82 Å². The predicted molar refractivity (Wildman–Crippen MR) is 79.2 cm³/mol. The maximum atomic E-state index is 14.0. The van der Waals surface area contributed by atoms with Crippen LogP contribution < -0.4 is 5.73 Å². The molecule has 0 aliphatic carbocycles. The Hall–Kier alpha value is -1.97. The zero-order chi connectivity index (χ0) is 14.1. The highest BCUT2D eigenvalue weighted by atomic mass is 35.5. The van der Waals surface area contributed by atoms with Gasteiger partial charge >= 0.3 is 0 Å². The Morgan fingerprint density at radius 2 is 1.95 bits per heavy atom. The fraction of sp³-hybridized carbons (Fsp3) is 0.0625. The van der Waals surface area contributed by atoms with E-state index in [2.05, 4.69) is 4.98 Å². The van der Waals surface area contributed by atoms with E-state index < -0.39 is 11.9 Å². The van der Waals surface area contributed by atoms with E-state index >= 15 is 0 Å². The molecule has 0 bridgehead atoms. The lowest BCUT2D eigenvalue weighted by molar-refractivity contribution is 0.600. The summed E-state index contributed by atoms with van der Waals surface area (Å²) in [5.74, 6) is -0.470. The molecule has 3 rings (SSSR count). The summed E-state index contributed by atoms with van der Waals surface area (Å²) in [6.45, 7) is 0. The van der Waals surface area contributed by atoms with E-state index in [1.807, 2.05) is 30.3 Å². The minimum absolute atomic E-state index is 0.0804. The number of fused-ring (bicyclic) bond motifs is 1. The second-order valence-electron chi connectivity index (χ2n) is 4.58. The quantitative estimate of drug-likeness (QED) is 0.771. The highest BCUT2D eigenvalue weighted by Gasteiger charge is 2.15. The van der Waals surface area contributed by atoms with E-state index in [0.29, 0.717) is 5.56 Å². The minimum atomic E-state index is -0.569. The van der Waals surface area contributed by atoms with Gasteiger partial charge in [0.15, 0.2) is 0 Å². The largest absolute Gasteiger partial charge is 0.320 e. The molecule has 0 saturated heterocycles. The summed E-state index contributed by atoms with van der Waals surface area (Å²) in [6, 6.07) is 13.8. The van der Waals surface area contributed by atoms with E-state index in [0.717, 1.165) is 16.5 Å². The number of rotatable bonds is 2. The molecule has 0 fully saturated rings. The van der Waals surface area contributed by atoms with Crippen LogP contribution in [-0.2, 0) is 0 Å². The van der Waals surface area contributed by atoms with E-state index in [1.165, 1.54) is 6.07 Å². The SMILES string of the molecule is NC(c1ccc2cccnc2c1)c1cccc(Cl)c1F. The molecule has 2 nitrogen and oxygen atoms in total. The lowest BCUT2D eigenvalue weighted by Crippen LogP contribution is -2.13. The average Bonchev–Trinajstić information content (AvgIpc) is 2.49. The van der Waals surface area contributed by atoms with Crippen molar-refractivity contribution in [2.45, 2.75) is 6.04 Å². The summed E-state index contributed by atoms with van der Waals surface area (Å²) in [5, 5.41) is 1.10. The molecule has 4 heteroatoms. The zero-order valence-corrected chi connectivity index (χ0v) is 11.3. The third-order valence-corrected chi connectivity index (χ3v) is 3.60. The van der Waals surface area contributed by atoms with E-state index in [-0.39, 0.29) is 5.02 Å². The third-order valence-electron chi connectivity index (χ3n) is 3.31. The maximum absolute atomic E-state index is 14.0. The van der Waals surface area contributed by atoms with Gasteiger partial charge < -0.3 is 5.73 Å². The highest BCUT2D eigenvalue weighted by molar-refractivity contribution is 6.30. The number of hydrogen-bond donors (Lipinski definition) is 1. The first kappa shape index (κ1) is 13.0. The summed E-state index contributed by atoms with van der Waals surface area (Å²) in [6.07, 6.45) is 1.72. The molecule has 1 heterocycles. The third kappa shape index (κ3) is 2.26. The highest BCUT2D eigenvalue weighted by Crippen LogP contribution is 2.27. The first-order valence-electron chi connectivity index (χ1n) is 6.21. The molecule has 0 aliphatic heterocycles. The molecule has 0 radical (unpaired) electrons. The van der Waals surface area contributed by atoms with Crippen LogP contribution in [0.3, 0.4) is 0 Å². The van der Waals surface area contributed by atoms with Crippen molar-refractivity contribution in [3.63, 3.8) is 0 Å². The molecule has 1 aromatic heterocycles. The fourth-order valence-corrected chi connectivity index (χ4v) is 2.40. The van der Waals surface area contributed by atoms with Crippen LogP contribution in [0.4, 0.5) is 4.39 Å². The van der Waals surface area contributed by atoms with Crippen molar-refractivity contribution in [3.8, 4) is 0 Å². The number of hydrogen-bond acceptors (Lipinski definition) is 2. The monoisotopic (exact) mass is 286 g/mol. The van der Waals surface area contributed by atoms with Crippen molar-refractivity contribution < 1.29 is 4.39 Å². The van der Waals surface area contributed by atoms with Crippen LogP contribution in [0.1, 0.15) is 17.2 Å². The number of nitrogens with two attached hydrogens (primary N) is 1. The molecule has 0 amide bonds. The van der Waals surface area contributed by atoms with Crippen molar-refractivity contribution in [2.75, 3.05) is 0 Å². The van der Waals surface area contributed by atoms with Gasteiger partial charge in [-0.2, -0.15) is 0 Å². The van der Waals surface area contributed by atoms with Gasteiger partial charge in [-0.05, 0) is 23.8 Å². The van der Waals surface area contributed by atoms with Gasteiger partial charge in [0.25, 0.3) is 0 Å². The number of nitrogens with zero attached hydrogens (tertiary/aromatic N) is 1. The van der Waals surface area contributed by atoms with Crippen molar-refractivity contribution in [3.05, 3.63) is 76.7 Å². The summed E-state index contributed by atoms with van der Waals surface area (Å²) in [5.41, 5.74) is 8.17. The van der Waals surface area contributed by atoms with E-state index in [9.17, 15) is 4.39 Å². The second kappa shape index (κ2) is 5.19. The maximum Gasteiger partial charge on any atom is 0.146 e. The average molecular weight is 287 g/mol. The van der Waals surface area contributed by atoms with Gasteiger partial charge in [-0.3, -0.25) is 4.98 Å². The summed E-state index contributed by atoms with van der Waals surface area (Å²) in [7, 11) is 0. The lowest BCUT2D eigenvalue weighted by atomic mass is 9.98. The Labute approximate surface area is 121 Å². The van der Waals surface area contributed by atoms with Gasteiger partial charge in [0, 0.05) is 17.1 Å². The van der Waals surface area contributed by atoms with Crippen LogP contribution in [0.15, 0.2) is 54.7 Å². The van der Waals surface area contributed by atoms with Gasteiger partial charge in [-0.15, -0.1) is 0 Å². The lowest BCUT2D eigenvalue weighted by Gasteiger charge is -2.14. The number of pyridine rings is 1. The van der Waals surface area contributed by atoms with Crippen molar-refractivity contribution in [2.24, 2.45) is 5.73 Å². The van der Waals surface area contributed by atoms with Crippen LogP contribution in [0.25, 0.3) is 10.9 Å². The number of halogens is 2. The van der Waals surface area contributed by atoms with Gasteiger partial charge in [0.05, 0.1) is 16.6 Å². The van der Waals surface area contributed by atoms with Crippen molar-refractivity contribution in [1.29, 1.82) is 0 Å². The first-order chi connectivity index (χ1) is 9.66. The zero-order valence-electron chi connectivity index (χ0n) is 10.6. The molecule has 2 aromatic carbocycles. The number of benzene rings is 2. The Morgan fingerprint density at radius 3 is 2.80 bits per heavy atom. The first-order valence-corrected chi connectivity index (χ1v) is 6.59. The molecule has 3 aromatic rings. The van der Waals surface area contributed by atoms with Crippen LogP contribution in [0.2, 0.25) is 5.02 Å². The van der Waals surface area contributed by atoms with Gasteiger partial charge in [0.1, 0.15) is 5.82 Å². The molecule has 2 N–H and O–H groups in total. The smallest absolute Gasteiger partial charge is 0.146 e. The normalized spacial score (nSPS) is 12.6. The Kier molecular flexibility index (Phi) is 3.38. The minimum Gasteiger partial charge on any atom is -0.320 e. The van der Waals surface area contributed by atoms with Crippen molar-refractivity contribution >= 4 is 22.5 Å². The van der Waals surface area contributed by atoms with Gasteiger partial charge in [-0.1, -0.05) is 41.9 Å². The molecule has 1 atom stereocenters. The Morgan fingerprint density at radius 1 is 1.10 bits per heavy atom. The molecule has 20 heavy (non-hydrogen) atoms. The predicted octanol–water partition coefficient (Wildman–Crippen LogP) is 4.08. The molecule has 0 aliphatic rings. The molecule has 1 unspecified atom stereocenters. The molecular weight excluding hydrogens is 275 g/mol. The Bertz CT molecular complexity index is 773. The number of aromatic nitrogens is 1. The van der Waals surface area contributed by atoms with Crippen LogP contribution in [0.5, 0.6) is 0 Å².